The van der Waals surface area contributed by atoms with Crippen molar-refractivity contribution in [1.29, 1.82) is 0 Å². The Balaban J connectivity index is 1.27. The lowest BCUT2D eigenvalue weighted by Gasteiger charge is -2.56. The Morgan fingerprint density at radius 2 is 1.78 bits per heavy atom. The maximum absolute atomic E-state index is 12.9. The molecule has 0 amide bonds. The van der Waals surface area contributed by atoms with Gasteiger partial charge in [-0.05, 0) is 87.0 Å². The number of hydrogen-bond donors (Lipinski definition) is 0. The van der Waals surface area contributed by atoms with Gasteiger partial charge < -0.3 is 8.92 Å². The molecule has 5 nitrogen and oxygen atoms in total. The third-order valence-electron chi connectivity index (χ3n) is 9.48. The minimum absolute atomic E-state index is 0.0245. The van der Waals surface area contributed by atoms with E-state index in [9.17, 15) is 21.6 Å². The normalized spacial score (nSPS) is 43.1. The first kappa shape index (κ1) is 23.0. The van der Waals surface area contributed by atoms with Gasteiger partial charge in [0, 0.05) is 24.5 Å². The minimum Gasteiger partial charge on any atom is -0.380 e. The van der Waals surface area contributed by atoms with Crippen molar-refractivity contribution in [3.63, 3.8) is 0 Å². The molecule has 0 bridgehead atoms. The molecule has 0 aromatic heterocycles. The molecular formula is C23H34F3NO4S. The Hall–Kier alpha value is -0.800. The van der Waals surface area contributed by atoms with Crippen LogP contribution >= 0.6 is 0 Å². The predicted octanol–water partition coefficient (Wildman–Crippen LogP) is 4.70. The molecule has 0 unspecified atom stereocenters. The lowest BCUT2D eigenvalue weighted by Crippen LogP contribution is -2.52. The van der Waals surface area contributed by atoms with Crippen LogP contribution in [0.3, 0.4) is 0 Å². The summed E-state index contributed by atoms with van der Waals surface area (Å²) in [4.78, 5) is 2.61. The number of alkyl halides is 3. The molecule has 1 heterocycles. The first-order valence-electron chi connectivity index (χ1n) is 12.1. The molecule has 9 heteroatoms. The van der Waals surface area contributed by atoms with Gasteiger partial charge in [-0.15, -0.1) is 0 Å². The average Bonchev–Trinajstić information content (AvgIpc) is 3.08. The molecule has 0 N–H and O–H groups in total. The summed E-state index contributed by atoms with van der Waals surface area (Å²) in [5.74, 6) is 2.68. The molecule has 0 aromatic carbocycles. The molecule has 7 atom stereocenters. The Morgan fingerprint density at radius 3 is 2.50 bits per heavy atom. The summed E-state index contributed by atoms with van der Waals surface area (Å²) in [5, 5.41) is 0. The number of allylic oxidation sites excluding steroid dienone is 2. The molecule has 1 aliphatic heterocycles. The van der Waals surface area contributed by atoms with Crippen molar-refractivity contribution >= 4 is 10.1 Å². The van der Waals surface area contributed by atoms with Crippen LogP contribution in [-0.2, 0) is 19.0 Å². The summed E-state index contributed by atoms with van der Waals surface area (Å²) >= 11 is 0. The van der Waals surface area contributed by atoms with Crippen molar-refractivity contribution in [3.8, 4) is 0 Å². The van der Waals surface area contributed by atoms with E-state index < -0.39 is 21.0 Å². The van der Waals surface area contributed by atoms with E-state index in [0.717, 1.165) is 45.1 Å². The van der Waals surface area contributed by atoms with Crippen molar-refractivity contribution < 1.29 is 30.5 Å². The largest absolute Gasteiger partial charge is 0.534 e. The zero-order chi connectivity index (χ0) is 22.7. The molecule has 32 heavy (non-hydrogen) atoms. The predicted molar refractivity (Wildman–Crippen MR) is 113 cm³/mol. The van der Waals surface area contributed by atoms with Gasteiger partial charge in [0.05, 0.1) is 13.2 Å². The van der Waals surface area contributed by atoms with Crippen molar-refractivity contribution in [3.05, 3.63) is 11.8 Å². The van der Waals surface area contributed by atoms with Crippen LogP contribution in [0.1, 0.15) is 58.3 Å². The second-order valence-corrected chi connectivity index (χ2v) is 12.3. The Bertz CT molecular complexity index is 854. The zero-order valence-electron chi connectivity index (χ0n) is 18.6. The average molecular weight is 478 g/mol. The molecule has 4 aliphatic carbocycles. The third kappa shape index (κ3) is 3.80. The summed E-state index contributed by atoms with van der Waals surface area (Å²) < 4.78 is 72.2. The molecule has 1 saturated heterocycles. The zero-order valence-corrected chi connectivity index (χ0v) is 19.5. The van der Waals surface area contributed by atoms with Crippen LogP contribution in [0.15, 0.2) is 11.8 Å². The second kappa shape index (κ2) is 8.15. The van der Waals surface area contributed by atoms with Gasteiger partial charge in [-0.1, -0.05) is 6.92 Å². The van der Waals surface area contributed by atoms with Crippen LogP contribution in [0.2, 0.25) is 0 Å². The van der Waals surface area contributed by atoms with Gasteiger partial charge in [0.25, 0.3) is 0 Å². The fourth-order valence-corrected chi connectivity index (χ4v) is 8.51. The van der Waals surface area contributed by atoms with E-state index in [1.165, 1.54) is 25.7 Å². The van der Waals surface area contributed by atoms with E-state index in [2.05, 4.69) is 4.90 Å². The quantitative estimate of drug-likeness (QED) is 0.436. The van der Waals surface area contributed by atoms with Crippen LogP contribution in [-0.4, -0.2) is 51.2 Å². The van der Waals surface area contributed by atoms with Crippen LogP contribution in [0.25, 0.3) is 0 Å². The van der Waals surface area contributed by atoms with Gasteiger partial charge in [-0.25, -0.2) is 0 Å². The van der Waals surface area contributed by atoms with Gasteiger partial charge in [0.1, 0.15) is 5.76 Å². The van der Waals surface area contributed by atoms with Crippen LogP contribution in [0.4, 0.5) is 13.2 Å². The summed E-state index contributed by atoms with van der Waals surface area (Å²) in [6.45, 7) is 5.64. The summed E-state index contributed by atoms with van der Waals surface area (Å²) in [5.41, 5.74) is -6.01. The van der Waals surface area contributed by atoms with Gasteiger partial charge in [-0.3, -0.25) is 4.90 Å². The molecule has 0 radical (unpaired) electrons. The van der Waals surface area contributed by atoms with Gasteiger partial charge in [0.2, 0.25) is 0 Å². The van der Waals surface area contributed by atoms with E-state index in [0.29, 0.717) is 36.6 Å². The SMILES string of the molecule is C[C@]12CC[C@H]3[C@@H](CC[C@H]4C[C@@H](N5CCOCC5)CC[C@@H]43)[C@@H]1CC=C2OS(=O)(=O)C(F)(F)F. The number of rotatable bonds is 3. The van der Waals surface area contributed by atoms with Crippen LogP contribution < -0.4 is 0 Å². The van der Waals surface area contributed by atoms with Crippen LogP contribution in [0.5, 0.6) is 0 Å². The Kier molecular flexibility index (Phi) is 5.85. The van der Waals surface area contributed by atoms with E-state index in [4.69, 9.17) is 8.92 Å². The number of hydrogen-bond acceptors (Lipinski definition) is 5. The van der Waals surface area contributed by atoms with E-state index in [1.54, 1.807) is 6.08 Å². The molecular weight excluding hydrogens is 443 g/mol. The highest BCUT2D eigenvalue weighted by Crippen LogP contribution is 2.63. The minimum atomic E-state index is -5.62. The van der Waals surface area contributed by atoms with Crippen molar-refractivity contribution in [2.45, 2.75) is 69.8 Å². The second-order valence-electron chi connectivity index (χ2n) is 10.8. The van der Waals surface area contributed by atoms with Crippen molar-refractivity contribution in [2.24, 2.45) is 35.0 Å². The first-order chi connectivity index (χ1) is 15.1. The number of halogens is 3. The van der Waals surface area contributed by atoms with E-state index >= 15 is 0 Å². The van der Waals surface area contributed by atoms with E-state index in [-0.39, 0.29) is 11.7 Å². The number of morpholine rings is 1. The molecule has 0 spiro atoms. The smallest absolute Gasteiger partial charge is 0.380 e. The van der Waals surface area contributed by atoms with Gasteiger partial charge in [-0.2, -0.15) is 21.6 Å². The number of fused-ring (bicyclic) bond motifs is 5. The van der Waals surface area contributed by atoms with Gasteiger partial charge in [0.15, 0.2) is 0 Å². The highest BCUT2D eigenvalue weighted by atomic mass is 32.2. The standard InChI is InChI=1S/C23H34F3NO4S/c1-22-9-8-18-17-5-3-16(27-10-12-30-13-11-27)14-15(17)2-4-19(18)20(22)6-7-21(22)31-32(28,29)23(24,25)26/h7,15-20H,2-6,8-14H2,1H3/t15-,16-,17-,18+,19+,20-,22-/m0/s1. The van der Waals surface area contributed by atoms with Crippen molar-refractivity contribution in [2.75, 3.05) is 26.3 Å². The fourth-order valence-electron chi connectivity index (χ4n) is 7.93. The number of nitrogens with zero attached hydrogens (tertiary/aromatic N) is 1. The Morgan fingerprint density at radius 1 is 1.06 bits per heavy atom. The highest BCUT2D eigenvalue weighted by Gasteiger charge is 2.58. The number of ether oxygens (including phenoxy) is 1. The third-order valence-corrected chi connectivity index (χ3v) is 10.4. The molecule has 0 aromatic rings. The summed E-state index contributed by atoms with van der Waals surface area (Å²) in [6.07, 6.45) is 9.88. The lowest BCUT2D eigenvalue weighted by molar-refractivity contribution is -0.0734. The molecule has 5 aliphatic rings. The molecule has 182 valence electrons. The van der Waals surface area contributed by atoms with Crippen molar-refractivity contribution in [1.82, 2.24) is 4.90 Å². The maximum atomic E-state index is 12.9. The molecule has 5 rings (SSSR count). The Labute approximate surface area is 188 Å². The topological polar surface area (TPSA) is 55.8 Å². The summed E-state index contributed by atoms with van der Waals surface area (Å²) in [7, 11) is -5.62. The van der Waals surface area contributed by atoms with E-state index in [1.807, 2.05) is 6.92 Å². The summed E-state index contributed by atoms with van der Waals surface area (Å²) in [6, 6.07) is 0.659. The molecule has 3 saturated carbocycles. The van der Waals surface area contributed by atoms with Crippen LogP contribution in [0, 0.1) is 35.0 Å². The lowest BCUT2D eigenvalue weighted by atomic mass is 9.50. The fraction of sp³-hybridized carbons (Fsp3) is 0.913. The molecule has 4 fully saturated rings. The first-order valence-corrected chi connectivity index (χ1v) is 13.5. The highest BCUT2D eigenvalue weighted by molar-refractivity contribution is 7.87. The monoisotopic (exact) mass is 477 g/mol. The van der Waals surface area contributed by atoms with Gasteiger partial charge >= 0.3 is 15.6 Å². The maximum Gasteiger partial charge on any atom is 0.534 e.